The second-order valence-corrected chi connectivity index (χ2v) is 12.1. The zero-order valence-corrected chi connectivity index (χ0v) is 28.5. The fraction of sp³-hybridized carbons (Fsp3) is 0.268. The summed E-state index contributed by atoms with van der Waals surface area (Å²) in [5, 5.41) is 19.2. The zero-order chi connectivity index (χ0) is 35.6. The number of methoxy groups -OCH3 is 1. The first-order chi connectivity index (χ1) is 23.5. The summed E-state index contributed by atoms with van der Waals surface area (Å²) in [6.45, 7) is 12.1. The van der Waals surface area contributed by atoms with Gasteiger partial charge in [-0.3, -0.25) is 0 Å². The van der Waals surface area contributed by atoms with Crippen LogP contribution in [0.1, 0.15) is 41.7 Å². The van der Waals surface area contributed by atoms with E-state index in [4.69, 9.17) is 14.6 Å². The molecule has 0 amide bonds. The molecule has 0 aliphatic heterocycles. The zero-order valence-electron chi connectivity index (χ0n) is 28.5. The third-order valence-corrected chi connectivity index (χ3v) is 8.04. The Morgan fingerprint density at radius 3 is 1.53 bits per heavy atom. The van der Waals surface area contributed by atoms with Gasteiger partial charge >= 0.3 is 11.9 Å². The van der Waals surface area contributed by atoms with Crippen molar-refractivity contribution in [2.75, 3.05) is 33.5 Å². The van der Waals surface area contributed by atoms with E-state index >= 15 is 0 Å². The van der Waals surface area contributed by atoms with E-state index in [1.807, 2.05) is 12.1 Å². The highest BCUT2D eigenvalue weighted by molar-refractivity contribution is 5.87. The molecule has 0 heterocycles. The first-order valence-electron chi connectivity index (χ1n) is 16.0. The van der Waals surface area contributed by atoms with E-state index in [-0.39, 0.29) is 26.4 Å². The van der Waals surface area contributed by atoms with Crippen molar-refractivity contribution in [3.8, 4) is 16.9 Å². The van der Waals surface area contributed by atoms with E-state index in [0.717, 1.165) is 5.56 Å². The van der Waals surface area contributed by atoms with Crippen LogP contribution in [0, 0.1) is 6.92 Å². The van der Waals surface area contributed by atoms with Crippen molar-refractivity contribution in [2.45, 2.75) is 38.4 Å². The number of carbonyl (C=O) groups is 2. The van der Waals surface area contributed by atoms with Crippen molar-refractivity contribution in [1.82, 2.24) is 0 Å². The summed E-state index contributed by atoms with van der Waals surface area (Å²) < 4.78 is 20.1. The Bertz CT molecular complexity index is 1710. The monoisotopic (exact) mass is 664 g/mol. The van der Waals surface area contributed by atoms with Crippen LogP contribution in [0.3, 0.4) is 0 Å². The Morgan fingerprint density at radius 2 is 1.08 bits per heavy atom. The van der Waals surface area contributed by atoms with Crippen molar-refractivity contribution in [2.24, 2.45) is 0 Å². The normalized spacial score (nSPS) is 13.4. The molecule has 1 aliphatic rings. The Hall–Kier alpha value is -5.02. The van der Waals surface area contributed by atoms with Crippen molar-refractivity contribution in [1.29, 1.82) is 0 Å². The minimum atomic E-state index is -0.935. The largest absolute Gasteiger partial charge is 0.491 e. The summed E-state index contributed by atoms with van der Waals surface area (Å²) in [7, 11) is 1.46. The quantitative estimate of drug-likeness (QED) is 0.111. The molecule has 2 unspecified atom stereocenters. The molecule has 4 aromatic carbocycles. The number of carbonyl (C=O) groups excluding carboxylic acids is 2. The fourth-order valence-corrected chi connectivity index (χ4v) is 5.70. The standard InChI is InChI=1S/C33H30O4.C8H14O4/c1-22(2)32(35)37-21-26(34)20-36-27-18-16-25(17-19-27)33(24-14-12-23(3)13-15-24)30-10-6-4-8-28(30)29-9-5-7-11-31(29)33;1-6(2)8(10)12-5-7(9)4-11-3/h4-19,26,34H,1,20-21H2,2-3H3;7,9H,1,4-5H2,2-3H3. The van der Waals surface area contributed by atoms with Gasteiger partial charge in [0.25, 0.3) is 0 Å². The molecule has 2 atom stereocenters. The van der Waals surface area contributed by atoms with Gasteiger partial charge in [0.15, 0.2) is 0 Å². The summed E-state index contributed by atoms with van der Waals surface area (Å²) in [5.41, 5.74) is 8.70. The molecule has 0 spiro atoms. The molecule has 49 heavy (non-hydrogen) atoms. The molecule has 0 fully saturated rings. The number of fused-ring (bicyclic) bond motifs is 3. The van der Waals surface area contributed by atoms with Crippen molar-refractivity contribution in [3.63, 3.8) is 0 Å². The van der Waals surface area contributed by atoms with E-state index in [1.165, 1.54) is 40.5 Å². The Labute approximate surface area is 288 Å². The smallest absolute Gasteiger partial charge is 0.333 e. The second kappa shape index (κ2) is 16.9. The van der Waals surface area contributed by atoms with Gasteiger partial charge in [-0.05, 0) is 66.3 Å². The second-order valence-electron chi connectivity index (χ2n) is 12.1. The molecule has 8 nitrogen and oxygen atoms in total. The number of ether oxygens (including phenoxy) is 4. The molecular weight excluding hydrogens is 620 g/mol. The molecule has 1 aliphatic carbocycles. The van der Waals surface area contributed by atoms with Crippen molar-refractivity contribution in [3.05, 3.63) is 149 Å². The lowest BCUT2D eigenvalue weighted by Crippen LogP contribution is -2.28. The lowest BCUT2D eigenvalue weighted by molar-refractivity contribution is -0.143. The molecule has 0 radical (unpaired) electrons. The average molecular weight is 665 g/mol. The molecule has 0 aromatic heterocycles. The highest BCUT2D eigenvalue weighted by Gasteiger charge is 2.45. The van der Waals surface area contributed by atoms with Gasteiger partial charge in [0.1, 0.15) is 37.8 Å². The lowest BCUT2D eigenvalue weighted by Gasteiger charge is -2.34. The first kappa shape index (κ1) is 36.8. The van der Waals surface area contributed by atoms with Gasteiger partial charge in [-0.2, -0.15) is 0 Å². The summed E-state index contributed by atoms with van der Waals surface area (Å²) >= 11 is 0. The van der Waals surface area contributed by atoms with Gasteiger partial charge in [0.2, 0.25) is 0 Å². The number of aryl methyl sites for hydroxylation is 1. The van der Waals surface area contributed by atoms with E-state index in [1.54, 1.807) is 13.8 Å². The summed E-state index contributed by atoms with van der Waals surface area (Å²) in [5.74, 6) is -0.389. The van der Waals surface area contributed by atoms with Gasteiger partial charge in [-0.1, -0.05) is 104 Å². The third-order valence-electron chi connectivity index (χ3n) is 8.04. The van der Waals surface area contributed by atoms with Gasteiger partial charge in [-0.25, -0.2) is 9.59 Å². The molecule has 2 N–H and O–H groups in total. The molecule has 0 saturated carbocycles. The summed E-state index contributed by atoms with van der Waals surface area (Å²) in [6.07, 6.45) is -1.70. The van der Waals surface area contributed by atoms with Crippen LogP contribution in [0.5, 0.6) is 5.75 Å². The number of esters is 2. The van der Waals surface area contributed by atoms with Gasteiger partial charge < -0.3 is 29.2 Å². The van der Waals surface area contributed by atoms with Crippen LogP contribution in [0.25, 0.3) is 11.1 Å². The molecule has 8 heteroatoms. The van der Waals surface area contributed by atoms with Crippen LogP contribution in [-0.2, 0) is 29.2 Å². The minimum absolute atomic E-state index is 0.0115. The number of aliphatic hydroxyl groups excluding tert-OH is 2. The predicted molar refractivity (Wildman–Crippen MR) is 189 cm³/mol. The van der Waals surface area contributed by atoms with Crippen LogP contribution < -0.4 is 4.74 Å². The molecule has 256 valence electrons. The lowest BCUT2D eigenvalue weighted by atomic mass is 9.67. The molecule has 5 rings (SSSR count). The SMILES string of the molecule is C=C(C)C(=O)OCC(O)COC.C=C(C)C(=O)OCC(O)COc1ccc(C2(c3ccc(C)cc3)c3ccccc3-c3ccccc32)cc1. The number of benzene rings is 4. The van der Waals surface area contributed by atoms with Crippen LogP contribution in [0.2, 0.25) is 0 Å². The van der Waals surface area contributed by atoms with Crippen molar-refractivity contribution < 1.29 is 38.7 Å². The predicted octanol–water partition coefficient (Wildman–Crippen LogP) is 6.33. The summed E-state index contributed by atoms with van der Waals surface area (Å²) in [6, 6.07) is 34.1. The fourth-order valence-electron chi connectivity index (χ4n) is 5.70. The first-order valence-corrected chi connectivity index (χ1v) is 16.0. The third kappa shape index (κ3) is 8.72. The number of hydrogen-bond donors (Lipinski definition) is 2. The molecule has 0 bridgehead atoms. The van der Waals surface area contributed by atoms with Crippen molar-refractivity contribution >= 4 is 11.9 Å². The Kier molecular flexibility index (Phi) is 12.7. The van der Waals surface area contributed by atoms with Gasteiger partial charge in [-0.15, -0.1) is 0 Å². The highest BCUT2D eigenvalue weighted by atomic mass is 16.6. The van der Waals surface area contributed by atoms with Crippen LogP contribution in [0.15, 0.2) is 121 Å². The minimum Gasteiger partial charge on any atom is -0.491 e. The van der Waals surface area contributed by atoms with Crippen LogP contribution in [-0.4, -0.2) is 67.9 Å². The van der Waals surface area contributed by atoms with Crippen LogP contribution >= 0.6 is 0 Å². The van der Waals surface area contributed by atoms with E-state index < -0.39 is 29.6 Å². The Balaban J connectivity index is 0.000000386. The average Bonchev–Trinajstić information content (AvgIpc) is 3.40. The maximum atomic E-state index is 11.6. The number of hydrogen-bond acceptors (Lipinski definition) is 8. The maximum absolute atomic E-state index is 11.6. The maximum Gasteiger partial charge on any atom is 0.333 e. The molecule has 4 aromatic rings. The topological polar surface area (TPSA) is 112 Å². The van der Waals surface area contributed by atoms with E-state index in [2.05, 4.69) is 114 Å². The molecule has 0 saturated heterocycles. The van der Waals surface area contributed by atoms with Crippen LogP contribution in [0.4, 0.5) is 0 Å². The number of rotatable bonds is 13. The van der Waals surface area contributed by atoms with Gasteiger partial charge in [0.05, 0.1) is 12.0 Å². The van der Waals surface area contributed by atoms with E-state index in [0.29, 0.717) is 16.9 Å². The number of aliphatic hydroxyl groups is 2. The van der Waals surface area contributed by atoms with E-state index in [9.17, 15) is 14.7 Å². The molecular formula is C41H44O8. The summed E-state index contributed by atoms with van der Waals surface area (Å²) in [4.78, 5) is 22.3. The highest BCUT2D eigenvalue weighted by Crippen LogP contribution is 2.56. The van der Waals surface area contributed by atoms with Gasteiger partial charge in [0, 0.05) is 18.3 Å². The Morgan fingerprint density at radius 1 is 0.653 bits per heavy atom.